The average molecular weight is 1470 g/mol. The van der Waals surface area contributed by atoms with Crippen molar-refractivity contribution >= 4 is 39.5 Å². The zero-order valence-electron chi connectivity index (χ0n) is 65.7. The lowest BCUT2D eigenvalue weighted by atomic mass is 10.0. The van der Waals surface area contributed by atoms with Gasteiger partial charge in [0.15, 0.2) is 12.2 Å². The maximum absolute atomic E-state index is 12.6. The minimum absolute atomic E-state index is 0.0117. The monoisotopic (exact) mass is 1470 g/mol. The summed E-state index contributed by atoms with van der Waals surface area (Å²) in [6.07, 6.45) is 68.5. The third-order valence-electron chi connectivity index (χ3n) is 18.5. The lowest BCUT2D eigenvalue weighted by molar-refractivity contribution is -0.161. The Kier molecular flexibility index (Phi) is 79.6. The molecule has 0 aromatic heterocycles. The Morgan fingerprint density at radius 1 is 0.270 bits per heavy atom. The molecule has 0 rings (SSSR count). The number of carbonyl (C=O) groups excluding carboxylic acids is 4. The highest BCUT2D eigenvalue weighted by Gasteiger charge is 2.28. The van der Waals surface area contributed by atoms with Gasteiger partial charge in [-0.1, -0.05) is 362 Å². The third-order valence-corrected chi connectivity index (χ3v) is 20.4. The fourth-order valence-electron chi connectivity index (χ4n) is 12.0. The van der Waals surface area contributed by atoms with Gasteiger partial charge in [-0.15, -0.1) is 0 Å². The van der Waals surface area contributed by atoms with E-state index in [2.05, 4.69) is 38.3 Å². The minimum atomic E-state index is -4.34. The first kappa shape index (κ1) is 100. The van der Waals surface area contributed by atoms with Crippen LogP contribution in [0, 0.1) is 0 Å². The molecule has 20 heteroatoms. The quantitative estimate of drug-likeness (QED) is 0.0191. The topological polar surface area (TPSA) is 241 Å². The fourth-order valence-corrected chi connectivity index (χ4v) is 13.6. The van der Waals surface area contributed by atoms with Crippen LogP contribution in [0.1, 0.15) is 413 Å². The Bertz CT molecular complexity index is 1850. The first-order valence-corrected chi connectivity index (χ1v) is 44.9. The molecule has 0 aliphatic carbocycles. The van der Waals surface area contributed by atoms with Crippen LogP contribution in [0.2, 0.25) is 0 Å². The maximum Gasteiger partial charge on any atom is 0.472 e. The van der Waals surface area contributed by atoms with Gasteiger partial charge in [0.1, 0.15) is 13.2 Å². The highest BCUT2D eigenvalue weighted by molar-refractivity contribution is 7.47. The highest BCUT2D eigenvalue weighted by atomic mass is 31.2. The molecule has 0 spiro atoms. The SMILES string of the molecule is CCCCCCCCCCCCCCCC(=O)OC[C@@H](COP(=O)(O)OCCNC)OC(=O)CCCCCCCCCCCCCCC.CCCCCCCCCCCCCCCCCC(=O)OC[C@@H](COP(=O)(O)OCCNC)OC(=O)CCCCCCCCCCCCCCCCC. The molecule has 0 saturated carbocycles. The Morgan fingerprint density at radius 2 is 0.450 bits per heavy atom. The highest BCUT2D eigenvalue weighted by Crippen LogP contribution is 2.44. The number of hydrogen-bond acceptors (Lipinski definition) is 16. The van der Waals surface area contributed by atoms with Crippen LogP contribution in [-0.4, -0.2) is 113 Å². The summed E-state index contributed by atoms with van der Waals surface area (Å²) in [5, 5.41) is 5.65. The zero-order valence-corrected chi connectivity index (χ0v) is 67.5. The van der Waals surface area contributed by atoms with Gasteiger partial charge >= 0.3 is 39.5 Å². The van der Waals surface area contributed by atoms with E-state index in [9.17, 15) is 38.1 Å². The smallest absolute Gasteiger partial charge is 0.462 e. The predicted octanol–water partition coefficient (Wildman–Crippen LogP) is 23.1. The number of rotatable bonds is 80. The molecular weight excluding hydrogens is 1310 g/mol. The molecule has 0 aromatic carbocycles. The van der Waals surface area contributed by atoms with Crippen LogP contribution in [0.5, 0.6) is 0 Å². The molecule has 0 aliphatic rings. The number of likely N-dealkylation sites (N-methyl/N-ethyl adjacent to an activating group) is 2. The van der Waals surface area contributed by atoms with Crippen molar-refractivity contribution in [3.05, 3.63) is 0 Å². The second-order valence-corrected chi connectivity index (χ2v) is 31.3. The summed E-state index contributed by atoms with van der Waals surface area (Å²) in [4.78, 5) is 69.9. The Hall–Kier alpha value is -1.98. The maximum atomic E-state index is 12.6. The lowest BCUT2D eigenvalue weighted by Crippen LogP contribution is -2.29. The van der Waals surface area contributed by atoms with Crippen molar-refractivity contribution in [3.8, 4) is 0 Å². The van der Waals surface area contributed by atoms with Crippen LogP contribution in [0.3, 0.4) is 0 Å². The van der Waals surface area contributed by atoms with Gasteiger partial charge < -0.3 is 39.4 Å². The molecule has 0 radical (unpaired) electrons. The molecule has 4 N–H and O–H groups in total. The summed E-state index contributed by atoms with van der Waals surface area (Å²) in [5.74, 6) is -1.59. The van der Waals surface area contributed by atoms with Crippen LogP contribution < -0.4 is 10.6 Å². The second-order valence-electron chi connectivity index (χ2n) is 28.4. The largest absolute Gasteiger partial charge is 0.472 e. The number of phosphoric acid groups is 2. The van der Waals surface area contributed by atoms with Crippen molar-refractivity contribution in [1.82, 2.24) is 10.6 Å². The van der Waals surface area contributed by atoms with E-state index in [1.54, 1.807) is 14.1 Å². The first-order chi connectivity index (χ1) is 48.7. The van der Waals surface area contributed by atoms with Gasteiger partial charge in [0.05, 0.1) is 26.4 Å². The van der Waals surface area contributed by atoms with Crippen molar-refractivity contribution in [2.75, 3.05) is 66.8 Å². The number of nitrogens with one attached hydrogen (secondary N) is 2. The Morgan fingerprint density at radius 3 is 0.640 bits per heavy atom. The third kappa shape index (κ3) is 80.1. The lowest BCUT2D eigenvalue weighted by Gasteiger charge is -2.20. The number of carbonyl (C=O) groups is 4. The molecule has 18 nitrogen and oxygen atoms in total. The van der Waals surface area contributed by atoms with Crippen LogP contribution in [-0.2, 0) is 65.4 Å². The number of esters is 4. The van der Waals surface area contributed by atoms with Crippen molar-refractivity contribution in [1.29, 1.82) is 0 Å². The van der Waals surface area contributed by atoms with Crippen LogP contribution in [0.25, 0.3) is 0 Å². The van der Waals surface area contributed by atoms with E-state index in [1.807, 2.05) is 0 Å². The summed E-state index contributed by atoms with van der Waals surface area (Å²) < 4.78 is 66.3. The minimum Gasteiger partial charge on any atom is -0.462 e. The van der Waals surface area contributed by atoms with Crippen LogP contribution in [0.4, 0.5) is 0 Å². The van der Waals surface area contributed by atoms with Crippen LogP contribution >= 0.6 is 15.6 Å². The molecule has 0 fully saturated rings. The summed E-state index contributed by atoms with van der Waals surface area (Å²) in [6, 6.07) is 0. The van der Waals surface area contributed by atoms with Gasteiger partial charge in [-0.05, 0) is 39.8 Å². The Balaban J connectivity index is 0. The van der Waals surface area contributed by atoms with Gasteiger partial charge in [0.25, 0.3) is 0 Å². The summed E-state index contributed by atoms with van der Waals surface area (Å²) >= 11 is 0. The van der Waals surface area contributed by atoms with E-state index in [-0.39, 0.29) is 51.2 Å². The standard InChI is InChI=1S/C42H84NO8P.C38H76NO8P/c1-4-6-8-10-12-14-16-18-20-22-24-26-28-30-32-34-41(44)48-38-40(39-50-52(46,47)49-37-36-43-3)51-42(45)35-33-31-29-27-25-23-21-19-17-15-13-11-9-7-5-2;1-4-6-8-10-12-14-16-18-20-22-24-26-28-30-37(40)44-34-36(35-46-48(42,43)45-33-32-39-3)47-38(41)31-29-27-25-23-21-19-17-15-13-11-9-7-5-2/h40,43H,4-39H2,1-3H3,(H,46,47);36,39H,4-35H2,1-3H3,(H,42,43)/t40-;36-/m00/s1. The molecule has 0 aromatic rings. The second kappa shape index (κ2) is 79.6. The Labute approximate surface area is 614 Å². The zero-order chi connectivity index (χ0) is 73.6. The van der Waals surface area contributed by atoms with E-state index in [0.29, 0.717) is 32.4 Å². The summed E-state index contributed by atoms with van der Waals surface area (Å²) in [5.41, 5.74) is 0. The van der Waals surface area contributed by atoms with Crippen molar-refractivity contribution in [3.63, 3.8) is 0 Å². The van der Waals surface area contributed by atoms with E-state index in [0.717, 1.165) is 70.6 Å². The number of ether oxygens (including phenoxy) is 4. The molecule has 596 valence electrons. The molecule has 0 amide bonds. The number of unbranched alkanes of at least 4 members (excludes halogenated alkanes) is 52. The molecule has 100 heavy (non-hydrogen) atoms. The first-order valence-electron chi connectivity index (χ1n) is 41.9. The molecule has 2 unspecified atom stereocenters. The molecule has 4 atom stereocenters. The molecule has 0 aliphatic heterocycles. The van der Waals surface area contributed by atoms with E-state index in [4.69, 9.17) is 37.0 Å². The molecule has 0 saturated heterocycles. The van der Waals surface area contributed by atoms with Crippen molar-refractivity contribution in [2.45, 2.75) is 425 Å². The molecule has 0 heterocycles. The molecule has 0 bridgehead atoms. The normalized spacial score (nSPS) is 13.3. The number of hydrogen-bond donors (Lipinski definition) is 4. The predicted molar refractivity (Wildman–Crippen MR) is 413 cm³/mol. The van der Waals surface area contributed by atoms with Crippen LogP contribution in [0.15, 0.2) is 0 Å². The van der Waals surface area contributed by atoms with Crippen molar-refractivity contribution in [2.24, 2.45) is 0 Å². The van der Waals surface area contributed by atoms with Gasteiger partial charge in [-0.2, -0.15) is 0 Å². The average Bonchev–Trinajstić information content (AvgIpc) is 1.55. The summed E-state index contributed by atoms with van der Waals surface area (Å²) in [7, 11) is -5.27. The van der Waals surface area contributed by atoms with Gasteiger partial charge in [-0.3, -0.25) is 37.3 Å². The van der Waals surface area contributed by atoms with Gasteiger partial charge in [0, 0.05) is 38.8 Å². The summed E-state index contributed by atoms with van der Waals surface area (Å²) in [6.45, 7) is 8.50. The van der Waals surface area contributed by atoms with E-state index in [1.165, 1.54) is 283 Å². The van der Waals surface area contributed by atoms with Gasteiger partial charge in [0.2, 0.25) is 0 Å². The fraction of sp³-hybridized carbons (Fsp3) is 0.950. The molecular formula is C80H160N2O16P2. The van der Waals surface area contributed by atoms with Gasteiger partial charge in [-0.25, -0.2) is 9.13 Å². The van der Waals surface area contributed by atoms with E-state index < -0.39 is 53.0 Å². The van der Waals surface area contributed by atoms with E-state index >= 15 is 0 Å². The van der Waals surface area contributed by atoms with Crippen molar-refractivity contribution < 1.29 is 75.1 Å². The number of phosphoric ester groups is 2.